The van der Waals surface area contributed by atoms with Crippen molar-refractivity contribution in [3.8, 4) is 6.07 Å². The van der Waals surface area contributed by atoms with E-state index in [4.69, 9.17) is 4.74 Å². The van der Waals surface area contributed by atoms with E-state index in [1.165, 1.54) is 6.07 Å². The van der Waals surface area contributed by atoms with Crippen molar-refractivity contribution < 1.29 is 17.5 Å². The Morgan fingerprint density at radius 1 is 1.19 bits per heavy atom. The maximum absolute atomic E-state index is 15.1. The number of halogens is 1. The zero-order chi connectivity index (χ0) is 22.1. The summed E-state index contributed by atoms with van der Waals surface area (Å²) in [5, 5.41) is 11.6. The summed E-state index contributed by atoms with van der Waals surface area (Å²) in [6.45, 7) is 3.13. The van der Waals surface area contributed by atoms with Crippen molar-refractivity contribution in [2.24, 2.45) is 0 Å². The Balaban J connectivity index is 1.61. The molecule has 0 aliphatic carbocycles. The van der Waals surface area contributed by atoms with E-state index in [2.05, 4.69) is 11.4 Å². The van der Waals surface area contributed by atoms with Crippen molar-refractivity contribution >= 4 is 9.84 Å². The number of sulfone groups is 1. The van der Waals surface area contributed by atoms with Gasteiger partial charge in [-0.25, -0.2) is 12.8 Å². The highest BCUT2D eigenvalue weighted by molar-refractivity contribution is 7.92. The third-order valence-corrected chi connectivity index (χ3v) is 9.41. The van der Waals surface area contributed by atoms with Gasteiger partial charge in [-0.15, -0.1) is 0 Å². The number of hydrogen-bond donors (Lipinski definition) is 1. The highest BCUT2D eigenvalue weighted by Gasteiger charge is 2.43. The minimum Gasteiger partial charge on any atom is -0.381 e. The molecule has 2 aromatic rings. The summed E-state index contributed by atoms with van der Waals surface area (Å²) in [6.07, 6.45) is 1.15. The van der Waals surface area contributed by atoms with Gasteiger partial charge in [-0.1, -0.05) is 42.5 Å². The van der Waals surface area contributed by atoms with E-state index in [0.717, 1.165) is 5.56 Å². The average Bonchev–Trinajstić information content (AvgIpc) is 2.78. The lowest BCUT2D eigenvalue weighted by Gasteiger charge is -2.36. The molecule has 2 aliphatic rings. The van der Waals surface area contributed by atoms with Crippen LogP contribution in [0.25, 0.3) is 0 Å². The van der Waals surface area contributed by atoms with Gasteiger partial charge in [0.15, 0.2) is 9.84 Å². The lowest BCUT2D eigenvalue weighted by Crippen LogP contribution is -2.53. The smallest absolute Gasteiger partial charge is 0.163 e. The van der Waals surface area contributed by atoms with Crippen LogP contribution < -0.4 is 5.32 Å². The fourth-order valence-corrected chi connectivity index (χ4v) is 7.08. The van der Waals surface area contributed by atoms with Crippen molar-refractivity contribution in [1.29, 1.82) is 5.26 Å². The SMILES string of the molecule is C[C@@H]1NC[C@@H](c2ccccc2)S(=O)(=O)C1Cc1ccc(C2(C#N)CCOCC2)cc1F. The van der Waals surface area contributed by atoms with Crippen molar-refractivity contribution in [3.05, 3.63) is 71.0 Å². The second kappa shape index (κ2) is 8.70. The normalized spacial score (nSPS) is 27.3. The molecule has 2 aromatic carbocycles. The van der Waals surface area contributed by atoms with Crippen molar-refractivity contribution in [3.63, 3.8) is 0 Å². The summed E-state index contributed by atoms with van der Waals surface area (Å²) >= 11 is 0. The van der Waals surface area contributed by atoms with Crippen LogP contribution in [0.5, 0.6) is 0 Å². The first-order valence-corrected chi connectivity index (χ1v) is 12.3. The van der Waals surface area contributed by atoms with Crippen LogP contribution in [0.4, 0.5) is 4.39 Å². The van der Waals surface area contributed by atoms with Gasteiger partial charge < -0.3 is 10.1 Å². The number of nitrogens with zero attached hydrogens (tertiary/aromatic N) is 1. The van der Waals surface area contributed by atoms with E-state index >= 15 is 4.39 Å². The van der Waals surface area contributed by atoms with Crippen LogP contribution in [0, 0.1) is 17.1 Å². The maximum Gasteiger partial charge on any atom is 0.163 e. The van der Waals surface area contributed by atoms with E-state index in [-0.39, 0.29) is 12.5 Å². The molecular weight excluding hydrogens is 415 g/mol. The van der Waals surface area contributed by atoms with Gasteiger partial charge in [0.1, 0.15) is 5.82 Å². The molecule has 1 N–H and O–H groups in total. The minimum atomic E-state index is -3.53. The van der Waals surface area contributed by atoms with Crippen molar-refractivity contribution in [2.75, 3.05) is 19.8 Å². The standard InChI is InChI=1S/C24H27FN2O3S/c1-17-22(31(28,29)23(15-27-17)18-5-3-2-4-6-18)13-19-7-8-20(14-21(19)25)24(16-26)9-11-30-12-10-24/h2-8,14,17,22-23,27H,9-13,15H2,1H3/t17-,22?,23-/m0/s1. The summed E-state index contributed by atoms with van der Waals surface area (Å²) in [5.74, 6) is -0.456. The van der Waals surface area contributed by atoms with Gasteiger partial charge in [0.25, 0.3) is 0 Å². The fraction of sp³-hybridized carbons (Fsp3) is 0.458. The molecule has 4 rings (SSSR count). The lowest BCUT2D eigenvalue weighted by molar-refractivity contribution is 0.0674. The average molecular weight is 443 g/mol. The van der Waals surface area contributed by atoms with Crippen LogP contribution in [0.1, 0.15) is 41.7 Å². The Hall–Kier alpha value is -2.27. The van der Waals surface area contributed by atoms with E-state index < -0.39 is 31.6 Å². The Kier molecular flexibility index (Phi) is 6.16. The number of nitriles is 1. The van der Waals surface area contributed by atoms with E-state index in [0.29, 0.717) is 43.7 Å². The first-order valence-electron chi connectivity index (χ1n) is 10.7. The zero-order valence-corrected chi connectivity index (χ0v) is 18.4. The van der Waals surface area contributed by atoms with Gasteiger partial charge in [0.2, 0.25) is 0 Å². The highest BCUT2D eigenvalue weighted by Crippen LogP contribution is 2.36. The predicted molar refractivity (Wildman–Crippen MR) is 117 cm³/mol. The molecular formula is C24H27FN2O3S. The molecule has 2 fully saturated rings. The molecule has 1 unspecified atom stereocenters. The van der Waals surface area contributed by atoms with Crippen LogP contribution in [0.2, 0.25) is 0 Å². The van der Waals surface area contributed by atoms with Crippen molar-refractivity contribution in [2.45, 2.75) is 48.1 Å². The molecule has 0 spiro atoms. The monoisotopic (exact) mass is 442 g/mol. The highest BCUT2D eigenvalue weighted by atomic mass is 32.2. The van der Waals surface area contributed by atoms with Crippen LogP contribution in [0.3, 0.4) is 0 Å². The van der Waals surface area contributed by atoms with E-state index in [9.17, 15) is 13.7 Å². The summed E-state index contributed by atoms with van der Waals surface area (Å²) in [5.41, 5.74) is 0.999. The third-order valence-electron chi connectivity index (χ3n) is 6.76. The van der Waals surface area contributed by atoms with Crippen LogP contribution >= 0.6 is 0 Å². The van der Waals surface area contributed by atoms with Crippen LogP contribution in [-0.4, -0.2) is 39.5 Å². The molecule has 2 heterocycles. The molecule has 164 valence electrons. The van der Waals surface area contributed by atoms with Gasteiger partial charge in [-0.2, -0.15) is 5.26 Å². The Bertz CT molecular complexity index is 1080. The minimum absolute atomic E-state index is 0.0919. The molecule has 3 atom stereocenters. The number of benzene rings is 2. The topological polar surface area (TPSA) is 79.2 Å². The molecule has 2 saturated heterocycles. The maximum atomic E-state index is 15.1. The quantitative estimate of drug-likeness (QED) is 0.785. The number of hydrogen-bond acceptors (Lipinski definition) is 5. The van der Waals surface area contributed by atoms with Crippen LogP contribution in [0.15, 0.2) is 48.5 Å². The van der Waals surface area contributed by atoms with E-state index in [1.807, 2.05) is 37.3 Å². The zero-order valence-electron chi connectivity index (χ0n) is 17.6. The largest absolute Gasteiger partial charge is 0.381 e. The molecule has 0 radical (unpaired) electrons. The number of nitrogens with one attached hydrogen (secondary N) is 1. The summed E-state index contributed by atoms with van der Waals surface area (Å²) in [6, 6.07) is 16.1. The first-order chi connectivity index (χ1) is 14.9. The van der Waals surface area contributed by atoms with Gasteiger partial charge in [-0.05, 0) is 48.9 Å². The second-order valence-corrected chi connectivity index (χ2v) is 10.9. The molecule has 2 aliphatic heterocycles. The molecule has 0 amide bonds. The van der Waals surface area contributed by atoms with Gasteiger partial charge in [0.05, 0.1) is 22.0 Å². The Morgan fingerprint density at radius 3 is 2.55 bits per heavy atom. The summed E-state index contributed by atoms with van der Waals surface area (Å²) < 4.78 is 47.3. The molecule has 0 aromatic heterocycles. The number of ether oxygens (including phenoxy) is 1. The molecule has 0 saturated carbocycles. The molecule has 0 bridgehead atoms. The first kappa shape index (κ1) is 21.9. The van der Waals surface area contributed by atoms with Gasteiger partial charge >= 0.3 is 0 Å². The Labute approximate surface area is 183 Å². The van der Waals surface area contributed by atoms with Gasteiger partial charge in [-0.3, -0.25) is 0 Å². The van der Waals surface area contributed by atoms with Crippen molar-refractivity contribution in [1.82, 2.24) is 5.32 Å². The summed E-state index contributed by atoms with van der Waals surface area (Å²) in [4.78, 5) is 0. The predicted octanol–water partition coefficient (Wildman–Crippen LogP) is 3.46. The lowest BCUT2D eigenvalue weighted by atomic mass is 9.75. The van der Waals surface area contributed by atoms with E-state index in [1.54, 1.807) is 12.1 Å². The molecule has 31 heavy (non-hydrogen) atoms. The molecule has 5 nitrogen and oxygen atoms in total. The second-order valence-electron chi connectivity index (χ2n) is 8.54. The Morgan fingerprint density at radius 2 is 1.90 bits per heavy atom. The third kappa shape index (κ3) is 4.12. The molecule has 7 heteroatoms. The fourth-order valence-electron chi connectivity index (χ4n) is 4.72. The number of rotatable bonds is 4. The van der Waals surface area contributed by atoms with Crippen LogP contribution in [-0.2, 0) is 26.4 Å². The summed E-state index contributed by atoms with van der Waals surface area (Å²) in [7, 11) is -3.53. The van der Waals surface area contributed by atoms with Gasteiger partial charge in [0, 0.05) is 25.8 Å².